The normalized spacial score (nSPS) is 18.6. The molecule has 210 valence electrons. The fourth-order valence-electron chi connectivity index (χ4n) is 5.91. The predicted molar refractivity (Wildman–Crippen MR) is 167 cm³/mol. The zero-order valence-electron chi connectivity index (χ0n) is 25.4. The molecule has 0 aliphatic carbocycles. The van der Waals surface area contributed by atoms with Crippen molar-refractivity contribution in [2.45, 2.75) is 144 Å². The molecule has 1 nitrogen and oxygen atoms in total. The molecular formula is C34H56OS2. The van der Waals surface area contributed by atoms with E-state index in [0.29, 0.717) is 0 Å². The lowest BCUT2D eigenvalue weighted by Gasteiger charge is -2.39. The Labute approximate surface area is 237 Å². The zero-order chi connectivity index (χ0) is 27.0. The molecule has 0 spiro atoms. The quantitative estimate of drug-likeness (QED) is 0.192. The molecule has 2 atom stereocenters. The Hall–Kier alpha value is -0.800. The summed E-state index contributed by atoms with van der Waals surface area (Å²) < 4.78 is 7.22. The molecule has 0 aromatic carbocycles. The van der Waals surface area contributed by atoms with Crippen LogP contribution in [0.3, 0.4) is 0 Å². The Kier molecular flexibility index (Phi) is 12.1. The minimum absolute atomic E-state index is 0.158. The fourth-order valence-corrected chi connectivity index (χ4v) is 8.29. The molecule has 3 rings (SSSR count). The Bertz CT molecular complexity index is 910. The summed E-state index contributed by atoms with van der Waals surface area (Å²) in [5.74, 6) is 4.33. The molecule has 0 amide bonds. The van der Waals surface area contributed by atoms with Gasteiger partial charge in [-0.1, -0.05) is 93.4 Å². The van der Waals surface area contributed by atoms with Crippen molar-refractivity contribution in [3.8, 4) is 15.5 Å². The summed E-state index contributed by atoms with van der Waals surface area (Å²) in [7, 11) is 0. The zero-order valence-corrected chi connectivity index (χ0v) is 27.0. The Balaban J connectivity index is 1.82. The maximum atomic E-state index is 7.22. The van der Waals surface area contributed by atoms with Crippen LogP contribution in [0.5, 0.6) is 5.75 Å². The molecule has 0 fully saturated rings. The van der Waals surface area contributed by atoms with Gasteiger partial charge in [-0.2, -0.15) is 0 Å². The Morgan fingerprint density at radius 2 is 1.32 bits per heavy atom. The molecule has 0 radical (unpaired) electrons. The Morgan fingerprint density at radius 3 is 1.86 bits per heavy atom. The topological polar surface area (TPSA) is 9.23 Å². The van der Waals surface area contributed by atoms with Crippen molar-refractivity contribution in [3.63, 3.8) is 0 Å². The van der Waals surface area contributed by atoms with Crippen LogP contribution < -0.4 is 4.74 Å². The van der Waals surface area contributed by atoms with Gasteiger partial charge in [0.25, 0.3) is 0 Å². The molecule has 2 unspecified atom stereocenters. The molecule has 3 heteroatoms. The number of aryl methyl sites for hydroxylation is 2. The fraction of sp³-hybridized carbons (Fsp3) is 0.765. The molecule has 1 aliphatic heterocycles. The maximum absolute atomic E-state index is 7.22. The van der Waals surface area contributed by atoms with Crippen molar-refractivity contribution < 1.29 is 4.74 Å². The van der Waals surface area contributed by atoms with Crippen LogP contribution in [0.2, 0.25) is 0 Å². The van der Waals surface area contributed by atoms with Crippen LogP contribution in [0.1, 0.15) is 141 Å². The summed E-state index contributed by atoms with van der Waals surface area (Å²) in [5, 5.41) is 0. The Morgan fingerprint density at radius 1 is 0.730 bits per heavy atom. The van der Waals surface area contributed by atoms with Gasteiger partial charge in [0.1, 0.15) is 11.4 Å². The van der Waals surface area contributed by atoms with Crippen molar-refractivity contribution in [2.24, 2.45) is 23.7 Å². The summed E-state index contributed by atoms with van der Waals surface area (Å²) >= 11 is 4.00. The van der Waals surface area contributed by atoms with Gasteiger partial charge in [0.05, 0.1) is 9.75 Å². The minimum atomic E-state index is -0.158. The van der Waals surface area contributed by atoms with Gasteiger partial charge in [-0.05, 0) is 81.3 Å². The number of unbranched alkanes of at least 4 members (excludes halogenated alkanes) is 1. The molecule has 37 heavy (non-hydrogen) atoms. The largest absolute Gasteiger partial charge is 0.481 e. The number of hydrogen-bond donors (Lipinski definition) is 0. The summed E-state index contributed by atoms with van der Waals surface area (Å²) in [6, 6.07) is 4.89. The monoisotopic (exact) mass is 544 g/mol. The van der Waals surface area contributed by atoms with E-state index in [4.69, 9.17) is 4.74 Å². The van der Waals surface area contributed by atoms with E-state index in [2.05, 4.69) is 67.5 Å². The summed E-state index contributed by atoms with van der Waals surface area (Å²) in [6.45, 7) is 18.9. The lowest BCUT2D eigenvalue weighted by Crippen LogP contribution is -2.36. The van der Waals surface area contributed by atoms with E-state index in [1.165, 1.54) is 101 Å². The van der Waals surface area contributed by atoms with Gasteiger partial charge in [-0.15, -0.1) is 22.7 Å². The molecule has 2 aromatic rings. The first-order valence-electron chi connectivity index (χ1n) is 15.6. The smallest absolute Gasteiger partial charge is 0.140 e. The van der Waals surface area contributed by atoms with E-state index in [1.54, 1.807) is 0 Å². The van der Waals surface area contributed by atoms with Crippen LogP contribution in [0, 0.1) is 30.6 Å². The van der Waals surface area contributed by atoms with Crippen molar-refractivity contribution in [1.29, 1.82) is 0 Å². The predicted octanol–water partition coefficient (Wildman–Crippen LogP) is 12.2. The third kappa shape index (κ3) is 8.85. The molecule has 2 aromatic heterocycles. The third-order valence-electron chi connectivity index (χ3n) is 8.42. The first kappa shape index (κ1) is 30.7. The van der Waals surface area contributed by atoms with Crippen LogP contribution in [0.4, 0.5) is 0 Å². The van der Waals surface area contributed by atoms with E-state index in [-0.39, 0.29) is 5.60 Å². The first-order valence-corrected chi connectivity index (χ1v) is 17.2. The average molecular weight is 545 g/mol. The van der Waals surface area contributed by atoms with Gasteiger partial charge < -0.3 is 4.74 Å². The molecule has 0 saturated carbocycles. The number of fused-ring (bicyclic) bond motifs is 3. The average Bonchev–Trinajstić information content (AvgIpc) is 3.42. The minimum Gasteiger partial charge on any atom is -0.481 e. The summed E-state index contributed by atoms with van der Waals surface area (Å²) in [4.78, 5) is 5.87. The van der Waals surface area contributed by atoms with Crippen LogP contribution in [0.15, 0.2) is 12.1 Å². The second-order valence-corrected chi connectivity index (χ2v) is 15.5. The number of rotatable bonds is 17. The molecular weight excluding hydrogens is 489 g/mol. The van der Waals surface area contributed by atoms with Crippen LogP contribution in [-0.2, 0) is 12.0 Å². The van der Waals surface area contributed by atoms with E-state index >= 15 is 0 Å². The van der Waals surface area contributed by atoms with E-state index in [9.17, 15) is 0 Å². The van der Waals surface area contributed by atoms with Gasteiger partial charge in [0.2, 0.25) is 0 Å². The van der Waals surface area contributed by atoms with Crippen molar-refractivity contribution in [1.82, 2.24) is 0 Å². The molecule has 3 heterocycles. The van der Waals surface area contributed by atoms with Crippen LogP contribution in [0.25, 0.3) is 9.75 Å². The van der Waals surface area contributed by atoms with E-state index in [1.807, 2.05) is 22.7 Å². The standard InChI is InChI=1S/C34H56OS2/c1-9-10-17-29-23-31-33(37-29)32-30(22-28(8)36-32)34(35-31,20-18-26(6)15-11-13-24(2)3)21-19-27(7)16-12-14-25(4)5/h22-27H,9-21H2,1-8H3. The van der Waals surface area contributed by atoms with Crippen LogP contribution in [-0.4, -0.2) is 0 Å². The second kappa shape index (κ2) is 14.5. The van der Waals surface area contributed by atoms with Crippen molar-refractivity contribution >= 4 is 22.7 Å². The lowest BCUT2D eigenvalue weighted by molar-refractivity contribution is 0.0323. The first-order chi connectivity index (χ1) is 17.6. The highest BCUT2D eigenvalue weighted by molar-refractivity contribution is 7.22. The number of thiophene rings is 2. The molecule has 0 saturated heterocycles. The third-order valence-corrected chi connectivity index (χ3v) is 10.8. The van der Waals surface area contributed by atoms with E-state index in [0.717, 1.165) is 36.5 Å². The highest BCUT2D eigenvalue weighted by atomic mass is 32.1. The van der Waals surface area contributed by atoms with Gasteiger partial charge in [0, 0.05) is 15.3 Å². The second-order valence-electron chi connectivity index (χ2n) is 13.1. The SMILES string of the molecule is CCCCc1cc2c(s1)-c1sc(C)cc1C(CCC(C)CCCC(C)C)(CCC(C)CCCC(C)C)O2. The summed E-state index contributed by atoms with van der Waals surface area (Å²) in [6.07, 6.45) is 16.6. The molecule has 0 N–H and O–H groups in total. The number of hydrogen-bond acceptors (Lipinski definition) is 3. The highest BCUT2D eigenvalue weighted by Crippen LogP contribution is 2.56. The molecule has 0 bridgehead atoms. The van der Waals surface area contributed by atoms with Crippen LogP contribution >= 0.6 is 22.7 Å². The lowest BCUT2D eigenvalue weighted by atomic mass is 9.78. The number of ether oxygens (including phenoxy) is 1. The van der Waals surface area contributed by atoms with Gasteiger partial charge in [-0.25, -0.2) is 0 Å². The van der Waals surface area contributed by atoms with Gasteiger partial charge in [-0.3, -0.25) is 0 Å². The van der Waals surface area contributed by atoms with Gasteiger partial charge in [0.15, 0.2) is 0 Å². The maximum Gasteiger partial charge on any atom is 0.140 e. The summed E-state index contributed by atoms with van der Waals surface area (Å²) in [5.41, 5.74) is 1.35. The highest BCUT2D eigenvalue weighted by Gasteiger charge is 2.43. The molecule has 1 aliphatic rings. The van der Waals surface area contributed by atoms with E-state index < -0.39 is 0 Å². The van der Waals surface area contributed by atoms with Gasteiger partial charge >= 0.3 is 0 Å². The van der Waals surface area contributed by atoms with Crippen molar-refractivity contribution in [2.75, 3.05) is 0 Å². The van der Waals surface area contributed by atoms with Crippen molar-refractivity contribution in [3.05, 3.63) is 27.5 Å².